The molecular formula is C11H7Cl2N3O4S. The predicted molar refractivity (Wildman–Crippen MR) is 78.2 cm³/mol. The van der Waals surface area contributed by atoms with Crippen molar-refractivity contribution in [3.8, 4) is 0 Å². The molecule has 10 heteroatoms. The van der Waals surface area contributed by atoms with Crippen molar-refractivity contribution in [2.75, 3.05) is 4.72 Å². The SMILES string of the molecule is O=[N+]([O-])c1cccc(NS(=O)(=O)c2cnc(Cl)c(Cl)c2)c1. The molecule has 2 rings (SSSR count). The van der Waals surface area contributed by atoms with Crippen LogP contribution in [-0.2, 0) is 10.0 Å². The molecule has 0 atom stereocenters. The van der Waals surface area contributed by atoms with Gasteiger partial charge in [0.2, 0.25) is 0 Å². The highest BCUT2D eigenvalue weighted by Crippen LogP contribution is 2.24. The number of anilines is 1. The summed E-state index contributed by atoms with van der Waals surface area (Å²) in [6.45, 7) is 0. The number of hydrogen-bond donors (Lipinski definition) is 1. The molecule has 0 unspecified atom stereocenters. The van der Waals surface area contributed by atoms with Crippen molar-refractivity contribution in [3.63, 3.8) is 0 Å². The lowest BCUT2D eigenvalue weighted by molar-refractivity contribution is -0.384. The van der Waals surface area contributed by atoms with Gasteiger partial charge < -0.3 is 0 Å². The first-order valence-corrected chi connectivity index (χ1v) is 7.62. The average molecular weight is 348 g/mol. The first kappa shape index (κ1) is 15.5. The molecule has 21 heavy (non-hydrogen) atoms. The zero-order chi connectivity index (χ0) is 15.6. The lowest BCUT2D eigenvalue weighted by Gasteiger charge is -2.08. The van der Waals surface area contributed by atoms with Gasteiger partial charge in [-0.25, -0.2) is 13.4 Å². The van der Waals surface area contributed by atoms with Gasteiger partial charge in [-0.3, -0.25) is 14.8 Å². The number of aromatic nitrogens is 1. The molecule has 1 aromatic carbocycles. The number of non-ortho nitro benzene ring substituents is 1. The van der Waals surface area contributed by atoms with Gasteiger partial charge in [0.15, 0.2) is 0 Å². The van der Waals surface area contributed by atoms with Crippen LogP contribution in [0.3, 0.4) is 0 Å². The van der Waals surface area contributed by atoms with Gasteiger partial charge in [0.1, 0.15) is 10.0 Å². The van der Waals surface area contributed by atoms with Gasteiger partial charge >= 0.3 is 0 Å². The number of nitro groups is 1. The van der Waals surface area contributed by atoms with Gasteiger partial charge in [-0.2, -0.15) is 0 Å². The fraction of sp³-hybridized carbons (Fsp3) is 0. The Bertz CT molecular complexity index is 811. The number of pyridine rings is 1. The molecule has 1 N–H and O–H groups in total. The third-order valence-corrected chi connectivity index (χ3v) is 4.43. The van der Waals surface area contributed by atoms with E-state index in [1.165, 1.54) is 18.2 Å². The standard InChI is InChI=1S/C11H7Cl2N3O4S/c12-10-5-9(6-14-11(10)13)21(19,20)15-7-2-1-3-8(4-7)16(17)18/h1-6,15H. The molecule has 0 saturated heterocycles. The number of halogens is 2. The van der Waals surface area contributed by atoms with Crippen molar-refractivity contribution in [2.24, 2.45) is 0 Å². The maximum atomic E-state index is 12.1. The molecule has 0 aliphatic heterocycles. The predicted octanol–water partition coefficient (Wildman–Crippen LogP) is 3.10. The first-order valence-electron chi connectivity index (χ1n) is 5.38. The zero-order valence-electron chi connectivity index (χ0n) is 10.2. The molecule has 0 bridgehead atoms. The van der Waals surface area contributed by atoms with Crippen LogP contribution >= 0.6 is 23.2 Å². The minimum atomic E-state index is -3.97. The molecule has 2 aromatic rings. The van der Waals surface area contributed by atoms with Crippen molar-refractivity contribution in [1.82, 2.24) is 4.98 Å². The molecule has 0 aliphatic carbocycles. The van der Waals surface area contributed by atoms with Crippen molar-refractivity contribution in [2.45, 2.75) is 4.90 Å². The summed E-state index contributed by atoms with van der Waals surface area (Å²) in [5.74, 6) is 0. The Hall–Kier alpha value is -1.90. The summed E-state index contributed by atoms with van der Waals surface area (Å²) in [4.78, 5) is 13.5. The van der Waals surface area contributed by atoms with Crippen molar-refractivity contribution < 1.29 is 13.3 Å². The Kier molecular flexibility index (Phi) is 4.31. The third-order valence-electron chi connectivity index (χ3n) is 2.39. The number of benzene rings is 1. The van der Waals surface area contributed by atoms with Crippen LogP contribution in [0, 0.1) is 10.1 Å². The molecule has 1 heterocycles. The van der Waals surface area contributed by atoms with E-state index in [0.717, 1.165) is 18.3 Å². The summed E-state index contributed by atoms with van der Waals surface area (Å²) in [7, 11) is -3.97. The second-order valence-corrected chi connectivity index (χ2v) is 6.30. The summed E-state index contributed by atoms with van der Waals surface area (Å²) in [5.41, 5.74) is -0.183. The fourth-order valence-electron chi connectivity index (χ4n) is 1.45. The van der Waals surface area contributed by atoms with E-state index < -0.39 is 14.9 Å². The van der Waals surface area contributed by atoms with E-state index in [9.17, 15) is 18.5 Å². The first-order chi connectivity index (χ1) is 9.79. The highest BCUT2D eigenvalue weighted by atomic mass is 35.5. The summed E-state index contributed by atoms with van der Waals surface area (Å²) >= 11 is 11.3. The second-order valence-electron chi connectivity index (χ2n) is 3.86. The molecule has 0 radical (unpaired) electrons. The van der Waals surface area contributed by atoms with E-state index in [1.54, 1.807) is 0 Å². The van der Waals surface area contributed by atoms with E-state index in [0.29, 0.717) is 0 Å². The van der Waals surface area contributed by atoms with E-state index in [-0.39, 0.29) is 26.4 Å². The van der Waals surface area contributed by atoms with Gasteiger partial charge in [0.05, 0.1) is 15.6 Å². The summed E-state index contributed by atoms with van der Waals surface area (Å²) in [5, 5.41) is 10.6. The molecule has 1 aromatic heterocycles. The maximum Gasteiger partial charge on any atom is 0.271 e. The van der Waals surface area contributed by atoms with Gasteiger partial charge in [-0.1, -0.05) is 29.3 Å². The number of rotatable bonds is 4. The molecule has 7 nitrogen and oxygen atoms in total. The Morgan fingerprint density at radius 3 is 2.57 bits per heavy atom. The lowest BCUT2D eigenvalue weighted by atomic mass is 10.3. The largest absolute Gasteiger partial charge is 0.279 e. The van der Waals surface area contributed by atoms with Crippen molar-refractivity contribution >= 4 is 44.6 Å². The van der Waals surface area contributed by atoms with E-state index >= 15 is 0 Å². The number of nitrogens with zero attached hydrogens (tertiary/aromatic N) is 2. The van der Waals surface area contributed by atoms with Crippen molar-refractivity contribution in [1.29, 1.82) is 0 Å². The highest BCUT2D eigenvalue weighted by Gasteiger charge is 2.17. The normalized spacial score (nSPS) is 11.1. The quantitative estimate of drug-likeness (QED) is 0.520. The Morgan fingerprint density at radius 2 is 1.95 bits per heavy atom. The van der Waals surface area contributed by atoms with E-state index in [2.05, 4.69) is 9.71 Å². The molecule has 0 spiro atoms. The maximum absolute atomic E-state index is 12.1. The van der Waals surface area contributed by atoms with Crippen LogP contribution < -0.4 is 4.72 Å². The summed E-state index contributed by atoms with van der Waals surface area (Å²) < 4.78 is 26.4. The van der Waals surface area contributed by atoms with E-state index in [1.807, 2.05) is 0 Å². The monoisotopic (exact) mass is 347 g/mol. The fourth-order valence-corrected chi connectivity index (χ4v) is 2.80. The molecule has 110 valence electrons. The molecule has 0 saturated carbocycles. The van der Waals surface area contributed by atoms with Gasteiger partial charge in [0, 0.05) is 18.3 Å². The number of nitrogens with one attached hydrogen (secondary N) is 1. The van der Waals surface area contributed by atoms with Crippen LogP contribution in [0.5, 0.6) is 0 Å². The van der Waals surface area contributed by atoms with Gasteiger partial charge in [-0.05, 0) is 12.1 Å². The molecule has 0 aliphatic rings. The van der Waals surface area contributed by atoms with Crippen LogP contribution in [-0.4, -0.2) is 18.3 Å². The van der Waals surface area contributed by atoms with Crippen molar-refractivity contribution in [3.05, 3.63) is 56.8 Å². The van der Waals surface area contributed by atoms with Crippen LogP contribution in [0.4, 0.5) is 11.4 Å². The molecular weight excluding hydrogens is 341 g/mol. The molecule has 0 amide bonds. The van der Waals surface area contributed by atoms with Crippen LogP contribution in [0.1, 0.15) is 0 Å². The highest BCUT2D eigenvalue weighted by molar-refractivity contribution is 7.92. The third kappa shape index (κ3) is 3.60. The number of sulfonamides is 1. The minimum absolute atomic E-state index is 0.0152. The summed E-state index contributed by atoms with van der Waals surface area (Å²) in [6.07, 6.45) is 1.04. The molecule has 0 fully saturated rings. The Morgan fingerprint density at radius 1 is 1.24 bits per heavy atom. The lowest BCUT2D eigenvalue weighted by Crippen LogP contribution is -2.13. The van der Waals surface area contributed by atoms with Crippen LogP contribution in [0.25, 0.3) is 0 Å². The zero-order valence-corrected chi connectivity index (χ0v) is 12.5. The number of nitro benzene ring substituents is 1. The Balaban J connectivity index is 2.35. The summed E-state index contributed by atoms with van der Waals surface area (Å²) in [6, 6.07) is 6.23. The van der Waals surface area contributed by atoms with E-state index in [4.69, 9.17) is 23.2 Å². The second kappa shape index (κ2) is 5.84. The topological polar surface area (TPSA) is 102 Å². The van der Waals surface area contributed by atoms with Gasteiger partial charge in [-0.15, -0.1) is 0 Å². The number of hydrogen-bond acceptors (Lipinski definition) is 5. The smallest absolute Gasteiger partial charge is 0.271 e. The average Bonchev–Trinajstić information content (AvgIpc) is 2.41. The Labute approximate surface area is 129 Å². The van der Waals surface area contributed by atoms with Gasteiger partial charge in [0.25, 0.3) is 15.7 Å². The van der Waals surface area contributed by atoms with Crippen LogP contribution in [0.15, 0.2) is 41.4 Å². The van der Waals surface area contributed by atoms with Crippen LogP contribution in [0.2, 0.25) is 10.2 Å². The minimum Gasteiger partial charge on any atom is -0.279 e.